The molecule has 98 valence electrons. The second kappa shape index (κ2) is 5.71. The van der Waals surface area contributed by atoms with Crippen molar-refractivity contribution in [2.24, 2.45) is 0 Å². The summed E-state index contributed by atoms with van der Waals surface area (Å²) in [6.07, 6.45) is 3.96. The van der Waals surface area contributed by atoms with Gasteiger partial charge in [0.15, 0.2) is 0 Å². The second-order valence-corrected chi connectivity index (χ2v) is 7.77. The van der Waals surface area contributed by atoms with E-state index in [0.29, 0.717) is 18.0 Å². The van der Waals surface area contributed by atoms with Gasteiger partial charge in [-0.1, -0.05) is 23.8 Å². The first-order valence-corrected chi connectivity index (χ1v) is 8.43. The first kappa shape index (κ1) is 14.0. The Bertz CT molecular complexity index is 549. The van der Waals surface area contributed by atoms with Crippen molar-refractivity contribution in [3.63, 3.8) is 0 Å². The van der Waals surface area contributed by atoms with Crippen LogP contribution in [0.3, 0.4) is 0 Å². The number of nitrogens with zero attached hydrogens (tertiary/aromatic N) is 1. The van der Waals surface area contributed by atoms with E-state index in [1.165, 1.54) is 0 Å². The predicted octanol–water partition coefficient (Wildman–Crippen LogP) is 3.10. The maximum atomic E-state index is 12.5. The standard InChI is InChI=1S/C13H16INO2S/c1-11-5-7-13(8-6-11)18(16,17)15-9-3-2-4-12(14)10-15/h4-8H,2-3,9-10H2,1H3. The number of hydrogen-bond donors (Lipinski definition) is 0. The summed E-state index contributed by atoms with van der Waals surface area (Å²) in [4.78, 5) is 0.388. The molecular formula is C13H16INO2S. The van der Waals surface area contributed by atoms with E-state index in [-0.39, 0.29) is 0 Å². The van der Waals surface area contributed by atoms with E-state index in [0.717, 1.165) is 22.0 Å². The Morgan fingerprint density at radius 1 is 1.22 bits per heavy atom. The minimum Gasteiger partial charge on any atom is -0.207 e. The molecule has 18 heavy (non-hydrogen) atoms. The second-order valence-electron chi connectivity index (χ2n) is 4.44. The summed E-state index contributed by atoms with van der Waals surface area (Å²) in [7, 11) is -3.35. The van der Waals surface area contributed by atoms with Gasteiger partial charge in [-0.15, -0.1) is 0 Å². The van der Waals surface area contributed by atoms with Crippen LogP contribution in [-0.4, -0.2) is 25.8 Å². The zero-order chi connectivity index (χ0) is 13.2. The molecule has 3 nitrogen and oxygen atoms in total. The number of sulfonamides is 1. The van der Waals surface area contributed by atoms with Crippen molar-refractivity contribution < 1.29 is 8.42 Å². The maximum absolute atomic E-state index is 12.5. The van der Waals surface area contributed by atoms with E-state index < -0.39 is 10.0 Å². The Hall–Kier alpha value is -0.400. The van der Waals surface area contributed by atoms with E-state index in [2.05, 4.69) is 28.7 Å². The predicted molar refractivity (Wildman–Crippen MR) is 81.3 cm³/mol. The van der Waals surface area contributed by atoms with Crippen LogP contribution < -0.4 is 0 Å². The van der Waals surface area contributed by atoms with Gasteiger partial charge in [0, 0.05) is 16.7 Å². The van der Waals surface area contributed by atoms with Crippen molar-refractivity contribution in [3.05, 3.63) is 39.5 Å². The van der Waals surface area contributed by atoms with Crippen LogP contribution in [0.1, 0.15) is 18.4 Å². The van der Waals surface area contributed by atoms with Crippen LogP contribution in [0.15, 0.2) is 38.8 Å². The van der Waals surface area contributed by atoms with Gasteiger partial charge in [-0.2, -0.15) is 4.31 Å². The largest absolute Gasteiger partial charge is 0.243 e. The van der Waals surface area contributed by atoms with Crippen molar-refractivity contribution in [2.45, 2.75) is 24.7 Å². The molecule has 0 amide bonds. The molecule has 0 aromatic heterocycles. The molecule has 0 fully saturated rings. The molecule has 0 saturated carbocycles. The summed E-state index contributed by atoms with van der Waals surface area (Å²) in [5, 5.41) is 0. The zero-order valence-electron chi connectivity index (χ0n) is 10.3. The molecule has 0 saturated heterocycles. The Kier molecular flexibility index (Phi) is 4.45. The number of aryl methyl sites for hydroxylation is 1. The maximum Gasteiger partial charge on any atom is 0.243 e. The monoisotopic (exact) mass is 377 g/mol. The van der Waals surface area contributed by atoms with Gasteiger partial charge in [0.25, 0.3) is 0 Å². The molecule has 0 bridgehead atoms. The first-order chi connectivity index (χ1) is 8.50. The van der Waals surface area contributed by atoms with Gasteiger partial charge < -0.3 is 0 Å². The third kappa shape index (κ3) is 3.13. The number of halogens is 1. The summed E-state index contributed by atoms with van der Waals surface area (Å²) in [6.45, 7) is 3.05. The average molecular weight is 377 g/mol. The summed E-state index contributed by atoms with van der Waals surface area (Å²) in [6, 6.07) is 7.05. The third-order valence-electron chi connectivity index (χ3n) is 2.96. The van der Waals surface area contributed by atoms with Gasteiger partial charge in [-0.05, 0) is 54.5 Å². The first-order valence-electron chi connectivity index (χ1n) is 5.91. The molecular weight excluding hydrogens is 361 g/mol. The lowest BCUT2D eigenvalue weighted by Crippen LogP contribution is -2.32. The number of hydrogen-bond acceptors (Lipinski definition) is 2. The van der Waals surface area contributed by atoms with Gasteiger partial charge in [0.1, 0.15) is 0 Å². The summed E-state index contributed by atoms with van der Waals surface area (Å²) >= 11 is 2.22. The highest BCUT2D eigenvalue weighted by Gasteiger charge is 2.25. The van der Waals surface area contributed by atoms with Crippen LogP contribution in [0.5, 0.6) is 0 Å². The summed E-state index contributed by atoms with van der Waals surface area (Å²) < 4.78 is 27.7. The number of rotatable bonds is 2. The van der Waals surface area contributed by atoms with Crippen LogP contribution in [-0.2, 0) is 10.0 Å². The van der Waals surface area contributed by atoms with Gasteiger partial charge >= 0.3 is 0 Å². The molecule has 0 N–H and O–H groups in total. The molecule has 0 aliphatic carbocycles. The van der Waals surface area contributed by atoms with Gasteiger partial charge in [0.05, 0.1) is 4.90 Å². The number of allylic oxidation sites excluding steroid dienone is 1. The zero-order valence-corrected chi connectivity index (χ0v) is 13.2. The summed E-state index contributed by atoms with van der Waals surface area (Å²) in [5.41, 5.74) is 1.07. The summed E-state index contributed by atoms with van der Waals surface area (Å²) in [5.74, 6) is 0. The minimum atomic E-state index is -3.35. The molecule has 0 atom stereocenters. The van der Waals surface area contributed by atoms with E-state index in [4.69, 9.17) is 0 Å². The van der Waals surface area contributed by atoms with E-state index in [1.807, 2.05) is 19.1 Å². The van der Waals surface area contributed by atoms with E-state index >= 15 is 0 Å². The Morgan fingerprint density at radius 3 is 2.56 bits per heavy atom. The van der Waals surface area contributed by atoms with Crippen LogP contribution >= 0.6 is 22.6 Å². The van der Waals surface area contributed by atoms with Crippen molar-refractivity contribution in [1.82, 2.24) is 4.31 Å². The quantitative estimate of drug-likeness (QED) is 0.743. The fraction of sp³-hybridized carbons (Fsp3) is 0.385. The van der Waals surface area contributed by atoms with E-state index in [1.54, 1.807) is 16.4 Å². The minimum absolute atomic E-state index is 0.388. The van der Waals surface area contributed by atoms with E-state index in [9.17, 15) is 8.42 Å². The molecule has 0 spiro atoms. The van der Waals surface area contributed by atoms with Crippen molar-refractivity contribution in [3.8, 4) is 0 Å². The van der Waals surface area contributed by atoms with Crippen LogP contribution in [0, 0.1) is 6.92 Å². The van der Waals surface area contributed by atoms with Crippen molar-refractivity contribution in [2.75, 3.05) is 13.1 Å². The molecule has 1 aromatic rings. The van der Waals surface area contributed by atoms with Gasteiger partial charge in [0.2, 0.25) is 10.0 Å². The molecule has 1 aromatic carbocycles. The van der Waals surface area contributed by atoms with Crippen LogP contribution in [0.2, 0.25) is 0 Å². The Labute approximate surface area is 122 Å². The highest BCUT2D eigenvalue weighted by atomic mass is 127. The fourth-order valence-corrected chi connectivity index (χ4v) is 4.31. The SMILES string of the molecule is Cc1ccc(S(=O)(=O)N2CCCC=C(I)C2)cc1. The topological polar surface area (TPSA) is 37.4 Å². The smallest absolute Gasteiger partial charge is 0.207 e. The normalized spacial score (nSPS) is 18.2. The Balaban J connectivity index is 2.30. The average Bonchev–Trinajstić information content (AvgIpc) is 2.55. The molecule has 5 heteroatoms. The highest BCUT2D eigenvalue weighted by molar-refractivity contribution is 14.1. The molecule has 1 aliphatic rings. The highest BCUT2D eigenvalue weighted by Crippen LogP contribution is 2.22. The van der Waals surface area contributed by atoms with Gasteiger partial charge in [-0.25, -0.2) is 8.42 Å². The lowest BCUT2D eigenvalue weighted by molar-refractivity contribution is 0.442. The van der Waals surface area contributed by atoms with Crippen molar-refractivity contribution in [1.29, 1.82) is 0 Å². The molecule has 0 unspecified atom stereocenters. The third-order valence-corrected chi connectivity index (χ3v) is 5.60. The van der Waals surface area contributed by atoms with Crippen LogP contribution in [0.25, 0.3) is 0 Å². The lowest BCUT2D eigenvalue weighted by atomic mass is 10.2. The number of benzene rings is 1. The van der Waals surface area contributed by atoms with Crippen molar-refractivity contribution >= 4 is 32.6 Å². The van der Waals surface area contributed by atoms with Crippen LogP contribution in [0.4, 0.5) is 0 Å². The Morgan fingerprint density at radius 2 is 1.89 bits per heavy atom. The fourth-order valence-electron chi connectivity index (χ4n) is 1.90. The molecule has 1 heterocycles. The van der Waals surface area contributed by atoms with Gasteiger partial charge in [-0.3, -0.25) is 0 Å². The lowest BCUT2D eigenvalue weighted by Gasteiger charge is -2.20. The molecule has 1 aliphatic heterocycles. The molecule has 2 rings (SSSR count). The molecule has 0 radical (unpaired) electrons.